The van der Waals surface area contributed by atoms with E-state index in [9.17, 15) is 0 Å². The summed E-state index contributed by atoms with van der Waals surface area (Å²) >= 11 is 0. The summed E-state index contributed by atoms with van der Waals surface area (Å²) in [6.07, 6.45) is 6.07. The molecule has 0 N–H and O–H groups in total. The first-order valence-corrected chi connectivity index (χ1v) is 22.7. The molecule has 4 nitrogen and oxygen atoms in total. The summed E-state index contributed by atoms with van der Waals surface area (Å²) in [6.45, 7) is 0. The van der Waals surface area contributed by atoms with Gasteiger partial charge in [0.2, 0.25) is 0 Å². The van der Waals surface area contributed by atoms with Crippen LogP contribution in [0.1, 0.15) is 43.2 Å². The van der Waals surface area contributed by atoms with Gasteiger partial charge >= 0.3 is 0 Å². The highest BCUT2D eigenvalue weighted by Crippen LogP contribution is 2.61. The number of fused-ring (bicyclic) bond motifs is 17. The van der Waals surface area contributed by atoms with E-state index in [1.165, 1.54) is 84.9 Å². The molecular formula is C60H41N3O. The van der Waals surface area contributed by atoms with Crippen molar-refractivity contribution in [2.75, 3.05) is 0 Å². The number of aromatic nitrogens is 3. The van der Waals surface area contributed by atoms with E-state index in [0.717, 1.165) is 68.5 Å². The lowest BCUT2D eigenvalue weighted by Crippen LogP contribution is -2.28. The molecule has 9 aromatic carbocycles. The van der Waals surface area contributed by atoms with E-state index in [-0.39, 0.29) is 5.41 Å². The molecule has 0 aliphatic heterocycles. The minimum absolute atomic E-state index is 0.0533. The summed E-state index contributed by atoms with van der Waals surface area (Å²) in [4.78, 5) is 10.5. The lowest BCUT2D eigenvalue weighted by atomic mass is 9.67. The molecule has 0 atom stereocenters. The monoisotopic (exact) mass is 819 g/mol. The van der Waals surface area contributed by atoms with Gasteiger partial charge in [-0.3, -0.25) is 0 Å². The molecule has 302 valence electrons. The van der Waals surface area contributed by atoms with Crippen molar-refractivity contribution in [1.82, 2.24) is 14.5 Å². The van der Waals surface area contributed by atoms with Gasteiger partial charge in [-0.1, -0.05) is 171 Å². The first-order valence-electron chi connectivity index (χ1n) is 22.7. The minimum atomic E-state index is -0.0533. The SMILES string of the molecule is c1ccc(-c2cc(-c3ccc(-n4c5ccc6ccccc6c5c5c6ccccc6c6c(c54)C4(CCCCC4)c4ccccc4-6)cc3)nc(-c3cccc4c3oc3ccccc34)n2)cc1. The smallest absolute Gasteiger partial charge is 0.164 e. The molecule has 0 radical (unpaired) electrons. The van der Waals surface area contributed by atoms with Crippen LogP contribution in [0.2, 0.25) is 0 Å². The molecule has 0 saturated heterocycles. The molecule has 0 bridgehead atoms. The Balaban J connectivity index is 1.03. The summed E-state index contributed by atoms with van der Waals surface area (Å²) in [7, 11) is 0. The second-order valence-electron chi connectivity index (χ2n) is 17.9. The normalized spacial score (nSPS) is 14.4. The Morgan fingerprint density at radius 2 is 1.14 bits per heavy atom. The first-order chi connectivity index (χ1) is 31.7. The molecule has 14 rings (SSSR count). The molecule has 12 aromatic rings. The number of hydrogen-bond donors (Lipinski definition) is 0. The molecule has 64 heavy (non-hydrogen) atoms. The minimum Gasteiger partial charge on any atom is -0.455 e. The third-order valence-electron chi connectivity index (χ3n) is 14.6. The Morgan fingerprint density at radius 1 is 0.484 bits per heavy atom. The maximum atomic E-state index is 6.52. The largest absolute Gasteiger partial charge is 0.455 e. The van der Waals surface area contributed by atoms with Gasteiger partial charge in [0.1, 0.15) is 11.2 Å². The third-order valence-corrected chi connectivity index (χ3v) is 14.6. The van der Waals surface area contributed by atoms with Gasteiger partial charge in [0.25, 0.3) is 0 Å². The van der Waals surface area contributed by atoms with Gasteiger partial charge in [0.05, 0.1) is 28.0 Å². The van der Waals surface area contributed by atoms with Crippen molar-refractivity contribution in [2.24, 2.45) is 0 Å². The zero-order valence-electron chi connectivity index (χ0n) is 35.2. The van der Waals surface area contributed by atoms with Gasteiger partial charge in [-0.25, -0.2) is 9.97 Å². The van der Waals surface area contributed by atoms with Crippen molar-refractivity contribution in [3.05, 3.63) is 199 Å². The molecule has 2 aliphatic rings. The molecule has 0 amide bonds. The zero-order valence-corrected chi connectivity index (χ0v) is 35.2. The van der Waals surface area contributed by atoms with Gasteiger partial charge in [-0.05, 0) is 93.0 Å². The first kappa shape index (κ1) is 35.7. The van der Waals surface area contributed by atoms with Crippen LogP contribution >= 0.6 is 0 Å². The van der Waals surface area contributed by atoms with Crippen LogP contribution in [-0.4, -0.2) is 14.5 Å². The quantitative estimate of drug-likeness (QED) is 0.178. The Morgan fingerprint density at radius 3 is 1.97 bits per heavy atom. The van der Waals surface area contributed by atoms with Crippen molar-refractivity contribution in [1.29, 1.82) is 0 Å². The molecule has 1 fully saturated rings. The molecule has 3 aromatic heterocycles. The maximum absolute atomic E-state index is 6.52. The molecule has 1 spiro atoms. The van der Waals surface area contributed by atoms with E-state index < -0.39 is 0 Å². The summed E-state index contributed by atoms with van der Waals surface area (Å²) in [5.41, 5.74) is 15.8. The Hall–Kier alpha value is -7.82. The van der Waals surface area contributed by atoms with Crippen molar-refractivity contribution >= 4 is 65.3 Å². The van der Waals surface area contributed by atoms with Crippen LogP contribution < -0.4 is 0 Å². The van der Waals surface area contributed by atoms with Crippen molar-refractivity contribution in [3.8, 4) is 50.7 Å². The van der Waals surface area contributed by atoms with Gasteiger partial charge in [-0.2, -0.15) is 0 Å². The van der Waals surface area contributed by atoms with E-state index in [4.69, 9.17) is 14.4 Å². The van der Waals surface area contributed by atoms with E-state index in [1.54, 1.807) is 0 Å². The summed E-state index contributed by atoms with van der Waals surface area (Å²) in [5.74, 6) is 0.638. The summed E-state index contributed by atoms with van der Waals surface area (Å²) in [6, 6.07) is 68.3. The Kier molecular flexibility index (Phi) is 7.59. The average Bonchev–Trinajstić information content (AvgIpc) is 4.01. The van der Waals surface area contributed by atoms with Crippen LogP contribution in [0.15, 0.2) is 192 Å². The fraction of sp³-hybridized carbons (Fsp3) is 0.100. The van der Waals surface area contributed by atoms with E-state index in [2.05, 4.69) is 174 Å². The highest BCUT2D eigenvalue weighted by Gasteiger charge is 2.47. The van der Waals surface area contributed by atoms with Crippen LogP contribution in [0.5, 0.6) is 0 Å². The van der Waals surface area contributed by atoms with Crippen LogP contribution in [0.3, 0.4) is 0 Å². The van der Waals surface area contributed by atoms with Crippen LogP contribution in [-0.2, 0) is 5.41 Å². The maximum Gasteiger partial charge on any atom is 0.164 e. The Labute approximate surface area is 370 Å². The fourth-order valence-corrected chi connectivity index (χ4v) is 11.8. The van der Waals surface area contributed by atoms with Crippen molar-refractivity contribution in [2.45, 2.75) is 37.5 Å². The van der Waals surface area contributed by atoms with E-state index in [1.807, 2.05) is 18.2 Å². The third kappa shape index (κ3) is 4.99. The van der Waals surface area contributed by atoms with Gasteiger partial charge in [0, 0.05) is 43.8 Å². The second-order valence-corrected chi connectivity index (χ2v) is 17.9. The topological polar surface area (TPSA) is 43.9 Å². The average molecular weight is 820 g/mol. The number of nitrogens with zero attached hydrogens (tertiary/aromatic N) is 3. The van der Waals surface area contributed by atoms with Gasteiger partial charge in [-0.15, -0.1) is 0 Å². The van der Waals surface area contributed by atoms with E-state index in [0.29, 0.717) is 5.82 Å². The highest BCUT2D eigenvalue weighted by atomic mass is 16.3. The number of furan rings is 1. The number of rotatable bonds is 4. The summed E-state index contributed by atoms with van der Waals surface area (Å²) < 4.78 is 9.13. The van der Waals surface area contributed by atoms with Crippen LogP contribution in [0.4, 0.5) is 0 Å². The fourth-order valence-electron chi connectivity index (χ4n) is 11.8. The number of para-hydroxylation sites is 2. The van der Waals surface area contributed by atoms with Crippen molar-refractivity contribution < 1.29 is 4.42 Å². The summed E-state index contributed by atoms with van der Waals surface area (Å²) in [5, 5.41) is 10.1. The zero-order chi connectivity index (χ0) is 41.9. The lowest BCUT2D eigenvalue weighted by Gasteiger charge is -2.36. The van der Waals surface area contributed by atoms with Gasteiger partial charge in [0.15, 0.2) is 5.82 Å². The predicted octanol–water partition coefficient (Wildman–Crippen LogP) is 16.0. The number of benzene rings is 9. The van der Waals surface area contributed by atoms with Crippen LogP contribution in [0.25, 0.3) is 116 Å². The molecule has 1 saturated carbocycles. The van der Waals surface area contributed by atoms with Crippen LogP contribution in [0, 0.1) is 0 Å². The number of hydrogen-bond acceptors (Lipinski definition) is 3. The van der Waals surface area contributed by atoms with Gasteiger partial charge < -0.3 is 8.98 Å². The molecular weight excluding hydrogens is 779 g/mol. The second kappa shape index (κ2) is 13.6. The molecule has 0 unspecified atom stereocenters. The highest BCUT2D eigenvalue weighted by molar-refractivity contribution is 6.32. The lowest BCUT2D eigenvalue weighted by molar-refractivity contribution is 0.354. The van der Waals surface area contributed by atoms with Crippen molar-refractivity contribution in [3.63, 3.8) is 0 Å². The molecule has 3 heterocycles. The predicted molar refractivity (Wildman–Crippen MR) is 264 cm³/mol. The Bertz CT molecular complexity index is 3870. The molecule has 2 aliphatic carbocycles. The molecule has 4 heteroatoms. The standard InChI is InChI=1S/C60H41N3O/c1-3-17-38(18-4-1)49-36-50(62-59(61-49)47-25-15-24-45-42-20-10-12-27-52(42)64-58(45)47)39-28-31-40(32-29-39)63-51-33-30-37-16-5-6-19-41(37)54(51)55-44-22-8-7-21-43(44)53-46-23-9-11-26-48(46)60(56(53)57(55)63)34-13-2-14-35-60/h1,3-12,15-33,36H,2,13-14,34-35H2. The van der Waals surface area contributed by atoms with E-state index >= 15 is 0 Å².